The Hall–Kier alpha value is -2.60. The second kappa shape index (κ2) is 6.61. The molecule has 1 aromatic heterocycles. The molecule has 0 radical (unpaired) electrons. The Balaban J connectivity index is 1.58. The Morgan fingerprint density at radius 2 is 1.73 bits per heavy atom. The smallest absolute Gasteiger partial charge is 0.289 e. The van der Waals surface area contributed by atoms with E-state index in [4.69, 9.17) is 4.42 Å². The number of para-hydroxylation sites is 1. The van der Waals surface area contributed by atoms with Crippen molar-refractivity contribution in [3.05, 3.63) is 72.0 Å². The van der Waals surface area contributed by atoms with Crippen molar-refractivity contribution in [2.24, 2.45) is 0 Å². The molecule has 0 aliphatic carbocycles. The van der Waals surface area contributed by atoms with E-state index < -0.39 is 15.1 Å². The quantitative estimate of drug-likeness (QED) is 0.694. The lowest BCUT2D eigenvalue weighted by Gasteiger charge is -2.18. The van der Waals surface area contributed by atoms with Crippen molar-refractivity contribution in [2.45, 2.75) is 11.7 Å². The lowest BCUT2D eigenvalue weighted by Crippen LogP contribution is -2.33. The summed E-state index contributed by atoms with van der Waals surface area (Å²) in [5.74, 6) is -0.0507. The maximum atomic E-state index is 12.8. The average Bonchev–Trinajstić information content (AvgIpc) is 3.01. The first-order valence-corrected chi connectivity index (χ1v) is 10.3. The molecule has 0 spiro atoms. The highest BCUT2D eigenvalue weighted by Crippen LogP contribution is 2.30. The molecule has 1 amide bonds. The van der Waals surface area contributed by atoms with E-state index in [1.54, 1.807) is 11.0 Å². The molecule has 134 valence electrons. The van der Waals surface area contributed by atoms with Gasteiger partial charge in [-0.15, -0.1) is 0 Å². The van der Waals surface area contributed by atoms with Crippen LogP contribution in [0.5, 0.6) is 0 Å². The number of rotatable bonds is 2. The van der Waals surface area contributed by atoms with Gasteiger partial charge in [0.2, 0.25) is 0 Å². The van der Waals surface area contributed by atoms with Gasteiger partial charge in [0.15, 0.2) is 15.6 Å². The fourth-order valence-corrected chi connectivity index (χ4v) is 5.23. The largest absolute Gasteiger partial charge is 0.451 e. The van der Waals surface area contributed by atoms with Crippen LogP contribution in [0.25, 0.3) is 11.0 Å². The molecule has 1 fully saturated rings. The minimum absolute atomic E-state index is 0.0431. The Labute approximate surface area is 152 Å². The standard InChI is InChI=1S/C20H19NO4S/c22-20(18-14-16-8-4-5-9-17(16)25-18)21-11-10-19(26(23,24)13-12-21)15-6-2-1-3-7-15/h1-9,14,19H,10-13H2/t19-/m0/s1. The number of nitrogens with zero attached hydrogens (tertiary/aromatic N) is 1. The maximum absolute atomic E-state index is 12.8. The monoisotopic (exact) mass is 369 g/mol. The number of amides is 1. The summed E-state index contributed by atoms with van der Waals surface area (Å²) in [4.78, 5) is 14.4. The summed E-state index contributed by atoms with van der Waals surface area (Å²) in [7, 11) is -3.31. The van der Waals surface area contributed by atoms with Gasteiger partial charge in [-0.25, -0.2) is 8.42 Å². The molecular weight excluding hydrogens is 350 g/mol. The molecule has 4 rings (SSSR count). The van der Waals surface area contributed by atoms with Crippen molar-refractivity contribution in [2.75, 3.05) is 18.8 Å². The van der Waals surface area contributed by atoms with Crippen molar-refractivity contribution in [1.82, 2.24) is 4.90 Å². The summed E-state index contributed by atoms with van der Waals surface area (Å²) in [5.41, 5.74) is 1.44. The van der Waals surface area contributed by atoms with Gasteiger partial charge >= 0.3 is 0 Å². The number of furan rings is 1. The first kappa shape index (κ1) is 16.8. The second-order valence-electron chi connectivity index (χ2n) is 6.50. The van der Waals surface area contributed by atoms with Crippen LogP contribution >= 0.6 is 0 Å². The van der Waals surface area contributed by atoms with Gasteiger partial charge < -0.3 is 9.32 Å². The molecule has 1 aliphatic heterocycles. The van der Waals surface area contributed by atoms with Crippen LogP contribution in [0.4, 0.5) is 0 Å². The number of carbonyl (C=O) groups is 1. The van der Waals surface area contributed by atoms with Gasteiger partial charge in [0.1, 0.15) is 5.58 Å². The molecule has 0 bridgehead atoms. The zero-order valence-corrected chi connectivity index (χ0v) is 15.0. The van der Waals surface area contributed by atoms with Gasteiger partial charge in [-0.2, -0.15) is 0 Å². The third kappa shape index (κ3) is 3.12. The van der Waals surface area contributed by atoms with Crippen LogP contribution in [0.15, 0.2) is 65.1 Å². The Bertz CT molecular complexity index is 1010. The van der Waals surface area contributed by atoms with E-state index >= 15 is 0 Å². The van der Waals surface area contributed by atoms with Crippen LogP contribution in [-0.2, 0) is 9.84 Å². The Morgan fingerprint density at radius 1 is 1.00 bits per heavy atom. The van der Waals surface area contributed by atoms with E-state index in [2.05, 4.69) is 0 Å². The summed E-state index contributed by atoms with van der Waals surface area (Å²) in [6, 6.07) is 18.4. The summed E-state index contributed by atoms with van der Waals surface area (Å²) >= 11 is 0. The highest BCUT2D eigenvalue weighted by molar-refractivity contribution is 7.91. The normalized spacial score (nSPS) is 20.0. The number of sulfone groups is 1. The molecule has 0 N–H and O–H groups in total. The molecule has 26 heavy (non-hydrogen) atoms. The predicted octanol–water partition coefficient (Wildman–Crippen LogP) is 3.43. The van der Waals surface area contributed by atoms with Crippen LogP contribution in [0.1, 0.15) is 27.8 Å². The SMILES string of the molecule is O=C(c1cc2ccccc2o1)N1CC[C@@H](c2ccccc2)S(=O)(=O)CC1. The molecule has 3 aromatic rings. The van der Waals surface area contributed by atoms with Gasteiger partial charge in [0.05, 0.1) is 11.0 Å². The molecule has 2 heterocycles. The molecule has 0 saturated carbocycles. The van der Waals surface area contributed by atoms with E-state index in [0.717, 1.165) is 10.9 Å². The topological polar surface area (TPSA) is 67.6 Å². The fourth-order valence-electron chi connectivity index (χ4n) is 3.43. The molecule has 6 heteroatoms. The molecule has 5 nitrogen and oxygen atoms in total. The van der Waals surface area contributed by atoms with E-state index in [-0.39, 0.29) is 24.0 Å². The summed E-state index contributed by atoms with van der Waals surface area (Å²) < 4.78 is 31.0. The van der Waals surface area contributed by atoms with Gasteiger partial charge in [-0.1, -0.05) is 48.5 Å². The molecular formula is C20H19NO4S. The lowest BCUT2D eigenvalue weighted by atomic mass is 10.1. The van der Waals surface area contributed by atoms with Crippen LogP contribution in [0.2, 0.25) is 0 Å². The first-order valence-electron chi connectivity index (χ1n) is 8.59. The van der Waals surface area contributed by atoms with Gasteiger partial charge in [0, 0.05) is 18.5 Å². The minimum Gasteiger partial charge on any atom is -0.451 e. The summed E-state index contributed by atoms with van der Waals surface area (Å²) in [5, 5.41) is 0.289. The number of carbonyl (C=O) groups excluding carboxylic acids is 1. The van der Waals surface area contributed by atoms with E-state index in [1.807, 2.05) is 54.6 Å². The van der Waals surface area contributed by atoms with Crippen molar-refractivity contribution >= 4 is 26.7 Å². The number of fused-ring (bicyclic) bond motifs is 1. The molecule has 1 atom stereocenters. The fraction of sp³-hybridized carbons (Fsp3) is 0.250. The highest BCUT2D eigenvalue weighted by Gasteiger charge is 2.33. The number of benzene rings is 2. The lowest BCUT2D eigenvalue weighted by molar-refractivity contribution is 0.0737. The maximum Gasteiger partial charge on any atom is 0.289 e. The van der Waals surface area contributed by atoms with Gasteiger partial charge in [-0.3, -0.25) is 4.79 Å². The van der Waals surface area contributed by atoms with Crippen LogP contribution < -0.4 is 0 Å². The third-order valence-corrected chi connectivity index (χ3v) is 6.96. The van der Waals surface area contributed by atoms with Crippen molar-refractivity contribution in [1.29, 1.82) is 0 Å². The minimum atomic E-state index is -3.31. The molecule has 0 unspecified atom stereocenters. The van der Waals surface area contributed by atoms with Crippen LogP contribution in [0, 0.1) is 0 Å². The van der Waals surface area contributed by atoms with Gasteiger partial charge in [0.25, 0.3) is 5.91 Å². The van der Waals surface area contributed by atoms with Gasteiger partial charge in [-0.05, 0) is 24.1 Å². The van der Waals surface area contributed by atoms with Crippen molar-refractivity contribution in [3.8, 4) is 0 Å². The Morgan fingerprint density at radius 3 is 2.50 bits per heavy atom. The number of hydrogen-bond acceptors (Lipinski definition) is 4. The highest BCUT2D eigenvalue weighted by atomic mass is 32.2. The predicted molar refractivity (Wildman–Crippen MR) is 99.7 cm³/mol. The van der Waals surface area contributed by atoms with Crippen molar-refractivity contribution < 1.29 is 17.6 Å². The van der Waals surface area contributed by atoms with E-state index in [1.165, 1.54) is 0 Å². The molecule has 1 aliphatic rings. The van der Waals surface area contributed by atoms with Crippen molar-refractivity contribution in [3.63, 3.8) is 0 Å². The zero-order valence-electron chi connectivity index (χ0n) is 14.2. The summed E-state index contributed by atoms with van der Waals surface area (Å²) in [6.07, 6.45) is 0.387. The summed E-state index contributed by atoms with van der Waals surface area (Å²) in [6.45, 7) is 0.566. The zero-order chi connectivity index (χ0) is 18.1. The average molecular weight is 369 g/mol. The number of hydrogen-bond donors (Lipinski definition) is 0. The van der Waals surface area contributed by atoms with Crippen LogP contribution in [0.3, 0.4) is 0 Å². The first-order chi connectivity index (χ1) is 12.5. The second-order valence-corrected chi connectivity index (χ2v) is 8.80. The molecule has 1 saturated heterocycles. The molecule has 2 aromatic carbocycles. The third-order valence-electron chi connectivity index (χ3n) is 4.84. The Kier molecular flexibility index (Phi) is 4.28. The van der Waals surface area contributed by atoms with E-state index in [0.29, 0.717) is 18.5 Å². The van der Waals surface area contributed by atoms with E-state index in [9.17, 15) is 13.2 Å². The van der Waals surface area contributed by atoms with Crippen LogP contribution in [-0.4, -0.2) is 38.1 Å².